The van der Waals surface area contributed by atoms with Crippen LogP contribution in [0.5, 0.6) is 0 Å². The van der Waals surface area contributed by atoms with Gasteiger partial charge in [-0.3, -0.25) is 14.5 Å². The van der Waals surface area contributed by atoms with Crippen LogP contribution in [0, 0.1) is 13.8 Å². The van der Waals surface area contributed by atoms with Crippen molar-refractivity contribution in [2.75, 3.05) is 33.2 Å². The SMILES string of the molecule is CNC(=O)[C@H]1CN(C(=O)c2sc(C)nc2C)CCN1CCc1ccccc1. The molecule has 0 aliphatic carbocycles. The average molecular weight is 387 g/mol. The lowest BCUT2D eigenvalue weighted by Crippen LogP contribution is -2.60. The first kappa shape index (κ1) is 19.5. The predicted octanol–water partition coefficient (Wildman–Crippen LogP) is 1.88. The van der Waals surface area contributed by atoms with Crippen LogP contribution in [0.1, 0.15) is 25.9 Å². The number of hydrogen-bond acceptors (Lipinski definition) is 5. The second kappa shape index (κ2) is 8.63. The van der Waals surface area contributed by atoms with Gasteiger partial charge in [-0.25, -0.2) is 4.98 Å². The number of aryl methyl sites for hydroxylation is 2. The van der Waals surface area contributed by atoms with Crippen LogP contribution in [-0.2, 0) is 11.2 Å². The largest absolute Gasteiger partial charge is 0.358 e. The first-order chi connectivity index (χ1) is 13.0. The minimum Gasteiger partial charge on any atom is -0.358 e. The molecule has 2 heterocycles. The smallest absolute Gasteiger partial charge is 0.265 e. The molecule has 1 N–H and O–H groups in total. The first-order valence-corrected chi connectivity index (χ1v) is 10.0. The van der Waals surface area contributed by atoms with Gasteiger partial charge >= 0.3 is 0 Å². The van der Waals surface area contributed by atoms with Gasteiger partial charge in [0.05, 0.1) is 10.7 Å². The van der Waals surface area contributed by atoms with Crippen molar-refractivity contribution in [2.45, 2.75) is 26.3 Å². The Kier molecular flexibility index (Phi) is 6.23. The van der Waals surface area contributed by atoms with E-state index in [1.165, 1.54) is 16.9 Å². The summed E-state index contributed by atoms with van der Waals surface area (Å²) in [5.41, 5.74) is 2.02. The van der Waals surface area contributed by atoms with Crippen LogP contribution in [0.3, 0.4) is 0 Å². The third kappa shape index (κ3) is 4.54. The van der Waals surface area contributed by atoms with Gasteiger partial charge in [-0.2, -0.15) is 0 Å². The fourth-order valence-electron chi connectivity index (χ4n) is 3.48. The third-order valence-corrected chi connectivity index (χ3v) is 6.02. The van der Waals surface area contributed by atoms with Crippen molar-refractivity contribution in [1.82, 2.24) is 20.1 Å². The Morgan fingerprint density at radius 1 is 1.22 bits per heavy atom. The van der Waals surface area contributed by atoms with E-state index in [0.29, 0.717) is 24.5 Å². The number of piperazine rings is 1. The molecule has 7 heteroatoms. The van der Waals surface area contributed by atoms with Crippen LogP contribution in [0.25, 0.3) is 0 Å². The maximum Gasteiger partial charge on any atom is 0.265 e. The number of thiazole rings is 1. The molecule has 1 atom stereocenters. The minimum absolute atomic E-state index is 0.0188. The number of hydrogen-bond donors (Lipinski definition) is 1. The minimum atomic E-state index is -0.328. The van der Waals surface area contributed by atoms with E-state index in [4.69, 9.17) is 0 Å². The van der Waals surface area contributed by atoms with Crippen molar-refractivity contribution in [2.24, 2.45) is 0 Å². The number of nitrogens with one attached hydrogen (secondary N) is 1. The van der Waals surface area contributed by atoms with Gasteiger partial charge in [-0.15, -0.1) is 11.3 Å². The zero-order valence-corrected chi connectivity index (χ0v) is 16.9. The highest BCUT2D eigenvalue weighted by Crippen LogP contribution is 2.21. The van der Waals surface area contributed by atoms with Gasteiger partial charge in [-0.05, 0) is 25.8 Å². The lowest BCUT2D eigenvalue weighted by molar-refractivity contribution is -0.127. The lowest BCUT2D eigenvalue weighted by atomic mass is 10.1. The highest BCUT2D eigenvalue weighted by molar-refractivity contribution is 7.13. The molecule has 0 unspecified atom stereocenters. The summed E-state index contributed by atoms with van der Waals surface area (Å²) in [6.45, 7) is 6.28. The van der Waals surface area contributed by atoms with Crippen molar-refractivity contribution >= 4 is 23.2 Å². The van der Waals surface area contributed by atoms with Crippen molar-refractivity contribution in [3.8, 4) is 0 Å². The molecule has 1 saturated heterocycles. The number of rotatable bonds is 5. The zero-order valence-electron chi connectivity index (χ0n) is 16.1. The van der Waals surface area contributed by atoms with Crippen LogP contribution in [0.15, 0.2) is 30.3 Å². The molecule has 0 bridgehead atoms. The van der Waals surface area contributed by atoms with Crippen LogP contribution in [-0.4, -0.2) is 65.9 Å². The van der Waals surface area contributed by atoms with E-state index in [0.717, 1.165) is 23.7 Å². The molecule has 1 aliphatic heterocycles. The van der Waals surface area contributed by atoms with Gasteiger partial charge in [0.2, 0.25) is 5.91 Å². The lowest BCUT2D eigenvalue weighted by Gasteiger charge is -2.40. The molecule has 2 aromatic rings. The molecule has 27 heavy (non-hydrogen) atoms. The summed E-state index contributed by atoms with van der Waals surface area (Å²) in [5.74, 6) is -0.0625. The van der Waals surface area contributed by atoms with E-state index >= 15 is 0 Å². The second-order valence-electron chi connectivity index (χ2n) is 6.80. The Labute approximate surface area is 164 Å². The van der Waals surface area contributed by atoms with Crippen LogP contribution < -0.4 is 5.32 Å². The molecule has 2 amide bonds. The van der Waals surface area contributed by atoms with Gasteiger partial charge in [0.15, 0.2) is 0 Å². The number of aromatic nitrogens is 1. The quantitative estimate of drug-likeness (QED) is 0.852. The maximum absolute atomic E-state index is 12.9. The van der Waals surface area contributed by atoms with Gasteiger partial charge in [0, 0.05) is 33.2 Å². The fraction of sp³-hybridized carbons (Fsp3) is 0.450. The summed E-state index contributed by atoms with van der Waals surface area (Å²) >= 11 is 1.42. The highest BCUT2D eigenvalue weighted by atomic mass is 32.1. The van der Waals surface area contributed by atoms with Gasteiger partial charge in [0.1, 0.15) is 10.9 Å². The van der Waals surface area contributed by atoms with Crippen molar-refractivity contribution in [3.63, 3.8) is 0 Å². The number of benzene rings is 1. The molecule has 0 radical (unpaired) electrons. The fourth-order valence-corrected chi connectivity index (χ4v) is 4.37. The monoisotopic (exact) mass is 386 g/mol. The number of nitrogens with zero attached hydrogens (tertiary/aromatic N) is 3. The summed E-state index contributed by atoms with van der Waals surface area (Å²) < 4.78 is 0. The Balaban J connectivity index is 1.69. The molecule has 144 valence electrons. The maximum atomic E-state index is 12.9. The molecule has 3 rings (SSSR count). The Morgan fingerprint density at radius 2 is 1.96 bits per heavy atom. The second-order valence-corrected chi connectivity index (χ2v) is 8.00. The van der Waals surface area contributed by atoms with Crippen molar-refractivity contribution in [3.05, 3.63) is 51.5 Å². The molecule has 1 aromatic carbocycles. The molecule has 1 aliphatic rings. The highest BCUT2D eigenvalue weighted by Gasteiger charge is 2.34. The number of carbonyl (C=O) groups is 2. The molecular formula is C20H26N4O2S. The van der Waals surface area contributed by atoms with E-state index in [2.05, 4.69) is 27.3 Å². The number of likely N-dealkylation sites (N-methyl/N-ethyl adjacent to an activating group) is 1. The van der Waals surface area contributed by atoms with E-state index in [-0.39, 0.29) is 17.9 Å². The van der Waals surface area contributed by atoms with E-state index in [1.54, 1.807) is 11.9 Å². The molecule has 1 fully saturated rings. The molecule has 0 spiro atoms. The molecular weight excluding hydrogens is 360 g/mol. The van der Waals surface area contributed by atoms with Gasteiger partial charge in [0.25, 0.3) is 5.91 Å². The van der Waals surface area contributed by atoms with Gasteiger partial charge < -0.3 is 10.2 Å². The summed E-state index contributed by atoms with van der Waals surface area (Å²) in [6, 6.07) is 9.94. The first-order valence-electron chi connectivity index (χ1n) is 9.22. The molecule has 6 nitrogen and oxygen atoms in total. The van der Waals surface area contributed by atoms with E-state index in [1.807, 2.05) is 32.0 Å². The Bertz CT molecular complexity index is 806. The van der Waals surface area contributed by atoms with Crippen LogP contribution in [0.2, 0.25) is 0 Å². The summed E-state index contributed by atoms with van der Waals surface area (Å²) in [4.78, 5) is 34.4. The summed E-state index contributed by atoms with van der Waals surface area (Å²) in [7, 11) is 1.65. The standard InChI is InChI=1S/C20H26N4O2S/c1-14-18(27-15(2)22-14)20(26)24-12-11-23(17(13-24)19(25)21-3)10-9-16-7-5-4-6-8-16/h4-8,17H,9-13H2,1-3H3,(H,21,25)/t17-/m1/s1. The molecule has 0 saturated carbocycles. The normalized spacial score (nSPS) is 17.7. The predicted molar refractivity (Wildman–Crippen MR) is 107 cm³/mol. The van der Waals surface area contributed by atoms with Crippen LogP contribution >= 0.6 is 11.3 Å². The summed E-state index contributed by atoms with van der Waals surface area (Å²) in [6.07, 6.45) is 0.884. The summed E-state index contributed by atoms with van der Waals surface area (Å²) in [5, 5.41) is 3.64. The topological polar surface area (TPSA) is 65.5 Å². The van der Waals surface area contributed by atoms with E-state index in [9.17, 15) is 9.59 Å². The third-order valence-electron chi connectivity index (χ3n) is 4.96. The Morgan fingerprint density at radius 3 is 2.59 bits per heavy atom. The van der Waals surface area contributed by atoms with Crippen LogP contribution in [0.4, 0.5) is 0 Å². The van der Waals surface area contributed by atoms with Gasteiger partial charge in [-0.1, -0.05) is 30.3 Å². The average Bonchev–Trinajstić information content (AvgIpc) is 3.03. The zero-order chi connectivity index (χ0) is 19.4. The molecule has 1 aromatic heterocycles. The number of amides is 2. The van der Waals surface area contributed by atoms with Crippen molar-refractivity contribution in [1.29, 1.82) is 0 Å². The van der Waals surface area contributed by atoms with Crippen molar-refractivity contribution < 1.29 is 9.59 Å². The number of carbonyl (C=O) groups excluding carboxylic acids is 2. The Hall–Kier alpha value is -2.25. The van der Waals surface area contributed by atoms with E-state index < -0.39 is 0 Å².